The van der Waals surface area contributed by atoms with E-state index in [-0.39, 0.29) is 28.2 Å². The smallest absolute Gasteiger partial charge is 0.328 e. The van der Waals surface area contributed by atoms with Crippen LogP contribution in [0, 0.1) is 0 Å². The summed E-state index contributed by atoms with van der Waals surface area (Å²) in [5.41, 5.74) is -0.305. The summed E-state index contributed by atoms with van der Waals surface area (Å²) >= 11 is 0. The lowest BCUT2D eigenvalue weighted by molar-refractivity contribution is -0.134. The number of nitrogens with zero attached hydrogens (tertiary/aromatic N) is 2. The van der Waals surface area contributed by atoms with Crippen LogP contribution in [0.4, 0.5) is 5.69 Å². The second-order valence-electron chi connectivity index (χ2n) is 13.9. The van der Waals surface area contributed by atoms with Crippen molar-refractivity contribution in [1.29, 1.82) is 0 Å². The molecule has 2 aliphatic heterocycles. The fourth-order valence-corrected chi connectivity index (χ4v) is 8.22. The molecule has 2 heterocycles. The molecule has 1 saturated heterocycles. The summed E-state index contributed by atoms with van der Waals surface area (Å²) in [5.74, 6) is -2.80. The summed E-state index contributed by atoms with van der Waals surface area (Å²) in [7, 11) is -3.08. The third-order valence-electron chi connectivity index (χ3n) is 9.06. The molecular formula is C37H49N3O12S. The molecule has 2 fully saturated rings. The van der Waals surface area contributed by atoms with Gasteiger partial charge in [-0.1, -0.05) is 0 Å². The first-order valence-corrected chi connectivity index (χ1v) is 18.9. The summed E-state index contributed by atoms with van der Waals surface area (Å²) in [6, 6.07) is 9.30. The number of nitrogens with one attached hydrogen (secondary N) is 1. The maximum Gasteiger partial charge on any atom is 0.328 e. The first-order valence-electron chi connectivity index (χ1n) is 17.5. The van der Waals surface area contributed by atoms with Gasteiger partial charge in [-0.05, 0) is 95.3 Å². The lowest BCUT2D eigenvalue weighted by Gasteiger charge is -2.36. The number of morpholine rings is 1. The number of carboxylic acids is 2. The van der Waals surface area contributed by atoms with Gasteiger partial charge in [-0.3, -0.25) is 14.5 Å². The van der Waals surface area contributed by atoms with E-state index < -0.39 is 38.8 Å². The molecule has 0 bridgehead atoms. The minimum absolute atomic E-state index is 0.0134. The van der Waals surface area contributed by atoms with Gasteiger partial charge < -0.3 is 34.5 Å². The third-order valence-corrected chi connectivity index (χ3v) is 10.8. The Bertz CT molecular complexity index is 1770. The second-order valence-corrected chi connectivity index (χ2v) is 15.6. The molecule has 1 aliphatic carbocycles. The largest absolute Gasteiger partial charge is 0.495 e. The number of benzene rings is 2. The van der Waals surface area contributed by atoms with Gasteiger partial charge in [0.2, 0.25) is 0 Å². The molecule has 2 aromatic carbocycles. The Balaban J connectivity index is 0.000000703. The minimum atomic E-state index is -4.42. The zero-order chi connectivity index (χ0) is 39.0. The van der Waals surface area contributed by atoms with Crippen LogP contribution < -0.4 is 19.1 Å². The first kappa shape index (κ1) is 41.2. The number of carbonyl (C=O) groups excluding carboxylic acids is 2. The zero-order valence-corrected chi connectivity index (χ0v) is 31.6. The average Bonchev–Trinajstić information content (AvgIpc) is 3.34. The van der Waals surface area contributed by atoms with Gasteiger partial charge >= 0.3 is 11.9 Å². The highest BCUT2D eigenvalue weighted by atomic mass is 32.2. The Morgan fingerprint density at radius 1 is 1.02 bits per heavy atom. The maximum absolute atomic E-state index is 14.4. The van der Waals surface area contributed by atoms with Crippen LogP contribution in [0.5, 0.6) is 11.5 Å². The van der Waals surface area contributed by atoms with E-state index in [2.05, 4.69) is 10.2 Å². The molecule has 290 valence electrons. The van der Waals surface area contributed by atoms with Crippen molar-refractivity contribution in [2.75, 3.05) is 57.5 Å². The molecular weight excluding hydrogens is 710 g/mol. The van der Waals surface area contributed by atoms with Gasteiger partial charge in [0.25, 0.3) is 21.8 Å². The molecule has 0 aromatic heterocycles. The molecule has 15 nitrogen and oxygen atoms in total. The highest BCUT2D eigenvalue weighted by Gasteiger charge is 2.56. The fraction of sp³-hybridized carbons (Fsp3) is 0.514. The summed E-state index contributed by atoms with van der Waals surface area (Å²) in [6.45, 7) is 12.6. The van der Waals surface area contributed by atoms with Gasteiger partial charge in [0.1, 0.15) is 16.4 Å². The first-order chi connectivity index (χ1) is 25.0. The summed E-state index contributed by atoms with van der Waals surface area (Å²) < 4.78 is 52.5. The maximum atomic E-state index is 14.4. The van der Waals surface area contributed by atoms with Gasteiger partial charge in [-0.25, -0.2) is 22.3 Å². The number of sulfonamides is 1. The monoisotopic (exact) mass is 759 g/mol. The summed E-state index contributed by atoms with van der Waals surface area (Å²) in [5, 5.41) is 18.5. The molecule has 5 rings (SSSR count). The lowest BCUT2D eigenvalue weighted by atomic mass is 9.69. The molecule has 0 unspecified atom stereocenters. The van der Waals surface area contributed by atoms with Crippen molar-refractivity contribution < 1.29 is 56.8 Å². The highest BCUT2D eigenvalue weighted by Crippen LogP contribution is 2.53. The Labute approximate surface area is 309 Å². The van der Waals surface area contributed by atoms with Crippen molar-refractivity contribution in [1.82, 2.24) is 10.2 Å². The Hall–Kier alpha value is -4.51. The van der Waals surface area contributed by atoms with Crippen LogP contribution in [0.25, 0.3) is 0 Å². The molecule has 53 heavy (non-hydrogen) atoms. The van der Waals surface area contributed by atoms with Crippen LogP contribution in [0.15, 0.2) is 53.4 Å². The lowest BCUT2D eigenvalue weighted by Crippen LogP contribution is -2.46. The predicted octanol–water partition coefficient (Wildman–Crippen LogP) is 3.60. The molecule has 1 spiro atoms. The number of ether oxygens (including phenoxy) is 4. The molecule has 1 saturated carbocycles. The van der Waals surface area contributed by atoms with E-state index in [1.165, 1.54) is 25.3 Å². The van der Waals surface area contributed by atoms with Crippen molar-refractivity contribution >= 4 is 39.5 Å². The van der Waals surface area contributed by atoms with Crippen molar-refractivity contribution in [3.8, 4) is 11.5 Å². The number of hydrogen-bond donors (Lipinski definition) is 3. The molecule has 0 radical (unpaired) electrons. The summed E-state index contributed by atoms with van der Waals surface area (Å²) in [4.78, 5) is 48.5. The normalized spacial score (nSPS) is 20.4. The van der Waals surface area contributed by atoms with Crippen molar-refractivity contribution in [3.63, 3.8) is 0 Å². The number of carbonyl (C=O) groups is 4. The van der Waals surface area contributed by atoms with Crippen LogP contribution in [0.3, 0.4) is 0 Å². The minimum Gasteiger partial charge on any atom is -0.495 e. The van der Waals surface area contributed by atoms with Crippen molar-refractivity contribution in [3.05, 3.63) is 59.7 Å². The molecule has 0 atom stereocenters. The van der Waals surface area contributed by atoms with Crippen LogP contribution in [-0.4, -0.2) is 112 Å². The number of amides is 2. The topological polar surface area (TPSA) is 198 Å². The van der Waals surface area contributed by atoms with Gasteiger partial charge in [0.15, 0.2) is 0 Å². The number of fused-ring (bicyclic) bond motifs is 2. The average molecular weight is 760 g/mol. The Morgan fingerprint density at radius 2 is 1.66 bits per heavy atom. The highest BCUT2D eigenvalue weighted by molar-refractivity contribution is 7.93. The van der Waals surface area contributed by atoms with E-state index in [9.17, 15) is 27.6 Å². The van der Waals surface area contributed by atoms with Crippen LogP contribution in [0.1, 0.15) is 69.3 Å². The van der Waals surface area contributed by atoms with E-state index in [1.807, 2.05) is 33.8 Å². The number of carboxylic acid groups (broad SMARTS) is 2. The van der Waals surface area contributed by atoms with Crippen molar-refractivity contribution in [2.24, 2.45) is 0 Å². The van der Waals surface area contributed by atoms with E-state index >= 15 is 0 Å². The number of anilines is 1. The Morgan fingerprint density at radius 3 is 2.23 bits per heavy atom. The molecule has 16 heteroatoms. The fourth-order valence-electron chi connectivity index (χ4n) is 6.57. The van der Waals surface area contributed by atoms with Gasteiger partial charge in [-0.15, -0.1) is 0 Å². The third kappa shape index (κ3) is 10.1. The number of methoxy groups -OCH3 is 1. The van der Waals surface area contributed by atoms with Gasteiger partial charge in [0.05, 0.1) is 50.7 Å². The molecule has 2 amide bonds. The van der Waals surface area contributed by atoms with E-state index in [0.717, 1.165) is 37.2 Å². The molecule has 3 N–H and O–H groups in total. The van der Waals surface area contributed by atoms with Gasteiger partial charge in [0, 0.05) is 42.9 Å². The van der Waals surface area contributed by atoms with Crippen LogP contribution >= 0.6 is 0 Å². The summed E-state index contributed by atoms with van der Waals surface area (Å²) in [6.07, 6.45) is 3.26. The second kappa shape index (κ2) is 17.5. The van der Waals surface area contributed by atoms with Crippen molar-refractivity contribution in [2.45, 2.75) is 75.3 Å². The molecule has 3 aliphatic rings. The van der Waals surface area contributed by atoms with E-state index in [1.54, 1.807) is 12.1 Å². The van der Waals surface area contributed by atoms with E-state index in [0.29, 0.717) is 68.0 Å². The molecule has 2 aromatic rings. The van der Waals surface area contributed by atoms with Crippen LogP contribution in [0.2, 0.25) is 0 Å². The SMILES string of the molecule is CCOc1ccc2c(c1)C1(CCC(OCCN3CCOCC3)CC1)C(=O)N2S(=O)(=O)c1ccc(C(=O)NC(C)(C)C)cc1OC.O=C(O)/C=C/C(=O)O. The van der Waals surface area contributed by atoms with E-state index in [4.69, 9.17) is 29.2 Å². The Kier molecular flexibility index (Phi) is 13.7. The predicted molar refractivity (Wildman–Crippen MR) is 194 cm³/mol. The number of aliphatic carboxylic acids is 2. The number of rotatable bonds is 12. The number of hydrogen-bond acceptors (Lipinski definition) is 11. The quantitative estimate of drug-likeness (QED) is 0.266. The standard InChI is InChI=1S/C33H45N3O8S.C4H4O4/c1-6-43-25-8-9-27-26(22-25)33(13-11-24(12-14-33)44-20-17-35-15-18-42-19-16-35)31(38)36(27)45(39,40)29-10-7-23(21-28(29)41-5)30(37)34-32(2,3)4;5-3(6)1-2-4(7)8/h7-10,21-22,24H,6,11-20H2,1-5H3,(H,34,37);1-2H,(H,5,6)(H,7,8)/b;2-1+. The zero-order valence-electron chi connectivity index (χ0n) is 30.8. The van der Waals surface area contributed by atoms with Gasteiger partial charge in [-0.2, -0.15) is 0 Å². The van der Waals surface area contributed by atoms with Crippen LogP contribution in [-0.2, 0) is 39.3 Å².